The van der Waals surface area contributed by atoms with Crippen LogP contribution in [0.15, 0.2) is 24.5 Å². The summed E-state index contributed by atoms with van der Waals surface area (Å²) in [7, 11) is 0. The SMILES string of the molecule is FC(F)c1cnc2cc[nH]c2c1. The zero-order chi connectivity index (χ0) is 8.55. The van der Waals surface area contributed by atoms with Crippen LogP contribution in [-0.2, 0) is 0 Å². The van der Waals surface area contributed by atoms with Gasteiger partial charge in [-0.05, 0) is 12.1 Å². The molecule has 0 radical (unpaired) electrons. The quantitative estimate of drug-likeness (QED) is 0.696. The van der Waals surface area contributed by atoms with Gasteiger partial charge in [-0.25, -0.2) is 8.78 Å². The Bertz CT molecular complexity index is 395. The summed E-state index contributed by atoms with van der Waals surface area (Å²) in [6.07, 6.45) is 0.415. The molecule has 0 aliphatic heterocycles. The summed E-state index contributed by atoms with van der Waals surface area (Å²) >= 11 is 0. The minimum Gasteiger partial charge on any atom is -0.360 e. The van der Waals surface area contributed by atoms with Crippen LogP contribution in [0.4, 0.5) is 8.78 Å². The van der Waals surface area contributed by atoms with Crippen molar-refractivity contribution in [3.8, 4) is 0 Å². The Balaban J connectivity index is 2.60. The minimum absolute atomic E-state index is 0.0510. The number of rotatable bonds is 1. The lowest BCUT2D eigenvalue weighted by Crippen LogP contribution is -1.85. The van der Waals surface area contributed by atoms with Crippen molar-refractivity contribution < 1.29 is 8.78 Å². The number of aromatic nitrogens is 2. The van der Waals surface area contributed by atoms with Gasteiger partial charge >= 0.3 is 0 Å². The molecule has 2 aromatic heterocycles. The Labute approximate surface area is 67.2 Å². The van der Waals surface area contributed by atoms with Crippen LogP contribution in [0.5, 0.6) is 0 Å². The molecule has 4 heteroatoms. The number of halogens is 2. The highest BCUT2D eigenvalue weighted by molar-refractivity contribution is 5.75. The first-order valence-electron chi connectivity index (χ1n) is 3.48. The monoisotopic (exact) mass is 168 g/mol. The molecular formula is C8H6F2N2. The number of hydrogen-bond donors (Lipinski definition) is 1. The molecule has 0 saturated carbocycles. The van der Waals surface area contributed by atoms with Gasteiger partial charge in [0.15, 0.2) is 0 Å². The summed E-state index contributed by atoms with van der Waals surface area (Å²) in [6, 6.07) is 3.15. The molecule has 2 nitrogen and oxygen atoms in total. The van der Waals surface area contributed by atoms with Gasteiger partial charge < -0.3 is 4.98 Å². The molecule has 2 heterocycles. The zero-order valence-corrected chi connectivity index (χ0v) is 6.09. The van der Waals surface area contributed by atoms with Crippen LogP contribution in [0, 0.1) is 0 Å². The second-order valence-electron chi connectivity index (χ2n) is 2.48. The van der Waals surface area contributed by atoms with Crippen LogP contribution in [0.25, 0.3) is 11.0 Å². The number of nitrogens with zero attached hydrogens (tertiary/aromatic N) is 1. The lowest BCUT2D eigenvalue weighted by atomic mass is 10.2. The first-order valence-corrected chi connectivity index (χ1v) is 3.48. The Morgan fingerprint density at radius 2 is 2.25 bits per heavy atom. The summed E-state index contributed by atoms with van der Waals surface area (Å²) in [5.74, 6) is 0. The van der Waals surface area contributed by atoms with Crippen molar-refractivity contribution in [2.24, 2.45) is 0 Å². The van der Waals surface area contributed by atoms with E-state index in [1.807, 2.05) is 0 Å². The number of pyridine rings is 1. The van der Waals surface area contributed by atoms with Crippen molar-refractivity contribution in [1.82, 2.24) is 9.97 Å². The molecule has 0 aromatic carbocycles. The fraction of sp³-hybridized carbons (Fsp3) is 0.125. The van der Waals surface area contributed by atoms with E-state index in [1.165, 1.54) is 12.3 Å². The highest BCUT2D eigenvalue weighted by Crippen LogP contribution is 2.20. The van der Waals surface area contributed by atoms with Gasteiger partial charge in [0.2, 0.25) is 0 Å². The third-order valence-electron chi connectivity index (χ3n) is 1.67. The minimum atomic E-state index is -2.45. The molecule has 62 valence electrons. The van der Waals surface area contributed by atoms with Crippen LogP contribution < -0.4 is 0 Å². The standard InChI is InChI=1S/C8H6F2N2/c9-8(10)5-3-7-6(12-4-5)1-2-11-7/h1-4,8,11H. The molecule has 0 bridgehead atoms. The van der Waals surface area contributed by atoms with Crippen LogP contribution in [0.3, 0.4) is 0 Å². The van der Waals surface area contributed by atoms with Crippen LogP contribution in [0.1, 0.15) is 12.0 Å². The number of H-pyrrole nitrogens is 1. The average Bonchev–Trinajstić information content (AvgIpc) is 2.49. The predicted molar refractivity (Wildman–Crippen MR) is 41.1 cm³/mol. The molecule has 0 spiro atoms. The molecule has 1 N–H and O–H groups in total. The molecular weight excluding hydrogens is 162 g/mol. The Hall–Kier alpha value is -1.45. The summed E-state index contributed by atoms with van der Waals surface area (Å²) in [4.78, 5) is 6.67. The summed E-state index contributed by atoms with van der Waals surface area (Å²) in [5, 5.41) is 0. The largest absolute Gasteiger partial charge is 0.360 e. The van der Waals surface area contributed by atoms with E-state index in [0.29, 0.717) is 11.0 Å². The molecule has 0 fully saturated rings. The van der Waals surface area contributed by atoms with E-state index in [4.69, 9.17) is 0 Å². The molecule has 2 rings (SSSR count). The van der Waals surface area contributed by atoms with Crippen LogP contribution in [0.2, 0.25) is 0 Å². The number of hydrogen-bond acceptors (Lipinski definition) is 1. The van der Waals surface area contributed by atoms with Gasteiger partial charge in [0.05, 0.1) is 11.0 Å². The maximum absolute atomic E-state index is 12.1. The van der Waals surface area contributed by atoms with Crippen molar-refractivity contribution in [1.29, 1.82) is 0 Å². The van der Waals surface area contributed by atoms with E-state index in [0.717, 1.165) is 0 Å². The third kappa shape index (κ3) is 1.05. The predicted octanol–water partition coefficient (Wildman–Crippen LogP) is 2.50. The van der Waals surface area contributed by atoms with E-state index in [-0.39, 0.29) is 5.56 Å². The Morgan fingerprint density at radius 1 is 1.42 bits per heavy atom. The lowest BCUT2D eigenvalue weighted by molar-refractivity contribution is 0.151. The number of nitrogens with one attached hydrogen (secondary N) is 1. The zero-order valence-electron chi connectivity index (χ0n) is 6.09. The number of aromatic amines is 1. The highest BCUT2D eigenvalue weighted by Gasteiger charge is 2.07. The second-order valence-corrected chi connectivity index (χ2v) is 2.48. The third-order valence-corrected chi connectivity index (χ3v) is 1.67. The lowest BCUT2D eigenvalue weighted by Gasteiger charge is -1.97. The molecule has 0 unspecified atom stereocenters. The number of alkyl halides is 2. The van der Waals surface area contributed by atoms with Crippen molar-refractivity contribution in [3.63, 3.8) is 0 Å². The highest BCUT2D eigenvalue weighted by atomic mass is 19.3. The molecule has 12 heavy (non-hydrogen) atoms. The van der Waals surface area contributed by atoms with E-state index >= 15 is 0 Å². The first kappa shape index (κ1) is 7.21. The molecule has 2 aromatic rings. The van der Waals surface area contributed by atoms with E-state index in [2.05, 4.69) is 9.97 Å². The van der Waals surface area contributed by atoms with Gasteiger partial charge in [0.25, 0.3) is 6.43 Å². The van der Waals surface area contributed by atoms with Gasteiger partial charge in [-0.1, -0.05) is 0 Å². The summed E-state index contributed by atoms with van der Waals surface area (Å²) < 4.78 is 24.3. The normalized spacial score (nSPS) is 11.2. The summed E-state index contributed by atoms with van der Waals surface area (Å²) in [6.45, 7) is 0. The van der Waals surface area contributed by atoms with Crippen LogP contribution in [-0.4, -0.2) is 9.97 Å². The fourth-order valence-electron chi connectivity index (χ4n) is 1.07. The van der Waals surface area contributed by atoms with Crippen LogP contribution >= 0.6 is 0 Å². The van der Waals surface area contributed by atoms with E-state index in [9.17, 15) is 8.78 Å². The molecule has 0 amide bonds. The van der Waals surface area contributed by atoms with Crippen molar-refractivity contribution >= 4 is 11.0 Å². The van der Waals surface area contributed by atoms with Gasteiger partial charge in [-0.15, -0.1) is 0 Å². The maximum Gasteiger partial charge on any atom is 0.265 e. The average molecular weight is 168 g/mol. The first-order chi connectivity index (χ1) is 5.77. The molecule has 0 aliphatic rings. The van der Waals surface area contributed by atoms with Gasteiger partial charge in [0, 0.05) is 18.0 Å². The maximum atomic E-state index is 12.1. The van der Waals surface area contributed by atoms with E-state index < -0.39 is 6.43 Å². The van der Waals surface area contributed by atoms with Crippen molar-refractivity contribution in [2.75, 3.05) is 0 Å². The second kappa shape index (κ2) is 2.55. The summed E-state index contributed by atoms with van der Waals surface area (Å²) in [5.41, 5.74) is 1.30. The molecule has 0 atom stereocenters. The van der Waals surface area contributed by atoms with Gasteiger partial charge in [-0.3, -0.25) is 4.98 Å². The Morgan fingerprint density at radius 3 is 3.00 bits per heavy atom. The van der Waals surface area contributed by atoms with Crippen molar-refractivity contribution in [2.45, 2.75) is 6.43 Å². The molecule has 0 aliphatic carbocycles. The Kier molecular flexibility index (Phi) is 1.53. The van der Waals surface area contributed by atoms with Gasteiger partial charge in [-0.2, -0.15) is 0 Å². The smallest absolute Gasteiger partial charge is 0.265 e. The molecule has 0 saturated heterocycles. The van der Waals surface area contributed by atoms with Gasteiger partial charge in [0.1, 0.15) is 0 Å². The van der Waals surface area contributed by atoms with Crippen molar-refractivity contribution in [3.05, 3.63) is 30.1 Å². The topological polar surface area (TPSA) is 28.7 Å². The fourth-order valence-corrected chi connectivity index (χ4v) is 1.07. The van der Waals surface area contributed by atoms with E-state index in [1.54, 1.807) is 12.3 Å². The number of fused-ring (bicyclic) bond motifs is 1.